The van der Waals surface area contributed by atoms with Crippen molar-refractivity contribution in [3.05, 3.63) is 0 Å². The monoisotopic (exact) mass is 80.1 g/mol. The van der Waals surface area contributed by atoms with Gasteiger partial charge in [-0.2, -0.15) is 0 Å². The van der Waals surface area contributed by atoms with E-state index < -0.39 is 0 Å². The van der Waals surface area contributed by atoms with Gasteiger partial charge < -0.3 is 0 Å². The zero-order valence-corrected chi connectivity index (χ0v) is 3.98. The van der Waals surface area contributed by atoms with Gasteiger partial charge in [-0.15, -0.1) is 0 Å². The molecule has 0 saturated carbocycles. The Labute approximate surface area is 39.5 Å². The first-order chi connectivity index (χ1) is 3.00. The van der Waals surface area contributed by atoms with E-state index in [2.05, 4.69) is 12.9 Å². The third-order valence-electron chi connectivity index (χ3n) is 1.16. The molecule has 0 amide bonds. The van der Waals surface area contributed by atoms with E-state index in [4.69, 9.17) is 0 Å². The summed E-state index contributed by atoms with van der Waals surface area (Å²) in [7, 11) is 0. The molecule has 0 spiro atoms. The van der Waals surface area contributed by atoms with Gasteiger partial charge in [-0.05, 0) is 0 Å². The molecule has 0 radical (unpaired) electrons. The van der Waals surface area contributed by atoms with E-state index >= 15 is 0 Å². The van der Waals surface area contributed by atoms with E-state index in [1.165, 1.54) is 25.6 Å². The van der Waals surface area contributed by atoms with E-state index in [1.807, 2.05) is 0 Å². The zero-order valence-electron chi connectivity index (χ0n) is 3.98. The van der Waals surface area contributed by atoms with Crippen molar-refractivity contribution in [3.63, 3.8) is 0 Å². The first kappa shape index (κ1) is 4.10. The summed E-state index contributed by atoms with van der Waals surface area (Å²) in [6.07, 6.45) is 5.47. The predicted octanol–water partition coefficient (Wildman–Crippen LogP) is 1.09. The molecule has 0 aromatic heterocycles. The molecular formula is C5H9B. The Bertz CT molecular complexity index is 49.0. The Morgan fingerprint density at radius 2 is 2.33 bits per heavy atom. The van der Waals surface area contributed by atoms with Gasteiger partial charge in [-0.25, -0.2) is 0 Å². The van der Waals surface area contributed by atoms with E-state index in [0.29, 0.717) is 0 Å². The molecule has 0 unspecified atom stereocenters. The van der Waals surface area contributed by atoms with Gasteiger partial charge in [0.1, 0.15) is 0 Å². The van der Waals surface area contributed by atoms with Crippen molar-refractivity contribution < 1.29 is 0 Å². The second kappa shape index (κ2) is 2.17. The Morgan fingerprint density at radius 1 is 1.33 bits per heavy atom. The standard InChI is InChI=1S/C5H9B/c1-2-4-6-5-3-1/h4H,1-3,5H2. The van der Waals surface area contributed by atoms with E-state index in [9.17, 15) is 0 Å². The molecule has 1 aliphatic heterocycles. The quantitative estimate of drug-likeness (QED) is 0.382. The summed E-state index contributed by atoms with van der Waals surface area (Å²) in [5.74, 6) is 2.27. The minimum absolute atomic E-state index is 1.32. The van der Waals surface area contributed by atoms with Crippen molar-refractivity contribution in [2.45, 2.75) is 25.6 Å². The molecule has 0 bridgehead atoms. The van der Waals surface area contributed by atoms with Gasteiger partial charge in [0, 0.05) is 0 Å². The van der Waals surface area contributed by atoms with E-state index in [-0.39, 0.29) is 0 Å². The maximum absolute atomic E-state index is 2.27. The summed E-state index contributed by atoms with van der Waals surface area (Å²) >= 11 is 0. The van der Waals surface area contributed by atoms with Crippen LogP contribution in [0.25, 0.3) is 0 Å². The molecule has 1 heterocycles. The van der Waals surface area contributed by atoms with Crippen molar-refractivity contribution in [2.24, 2.45) is 0 Å². The van der Waals surface area contributed by atoms with Gasteiger partial charge in [0.05, 0.1) is 0 Å². The summed E-state index contributed by atoms with van der Waals surface area (Å²) < 4.78 is 0. The SMILES string of the molecule is B1=CCCCC1. The molecule has 0 aromatic carbocycles. The summed E-state index contributed by atoms with van der Waals surface area (Å²) in [6.45, 7) is 2.27. The first-order valence-corrected chi connectivity index (χ1v) is 2.65. The molecule has 0 fully saturated rings. The molecule has 0 aliphatic carbocycles. The number of hydrogen-bond acceptors (Lipinski definition) is 0. The Kier molecular flexibility index (Phi) is 1.48. The van der Waals surface area contributed by atoms with Crippen LogP contribution in [0.3, 0.4) is 0 Å². The van der Waals surface area contributed by atoms with Gasteiger partial charge in [0.2, 0.25) is 0 Å². The molecular weight excluding hydrogens is 70.9 g/mol. The van der Waals surface area contributed by atoms with Crippen LogP contribution in [-0.2, 0) is 0 Å². The van der Waals surface area contributed by atoms with Crippen LogP contribution in [0.15, 0.2) is 0 Å². The Hall–Kier alpha value is -0.0651. The second-order valence-corrected chi connectivity index (χ2v) is 1.76. The van der Waals surface area contributed by atoms with E-state index in [0.717, 1.165) is 0 Å². The molecule has 6 heavy (non-hydrogen) atoms. The van der Waals surface area contributed by atoms with Crippen LogP contribution in [0.2, 0.25) is 6.32 Å². The maximum atomic E-state index is 2.27. The van der Waals surface area contributed by atoms with Crippen molar-refractivity contribution in [2.75, 3.05) is 0 Å². The van der Waals surface area contributed by atoms with Gasteiger partial charge >= 0.3 is 38.5 Å². The predicted molar refractivity (Wildman–Crippen MR) is 30.5 cm³/mol. The van der Waals surface area contributed by atoms with Crippen molar-refractivity contribution in [3.8, 4) is 0 Å². The van der Waals surface area contributed by atoms with Crippen LogP contribution in [-0.4, -0.2) is 12.9 Å². The zero-order chi connectivity index (χ0) is 4.24. The van der Waals surface area contributed by atoms with Gasteiger partial charge in [-0.3, -0.25) is 0 Å². The third kappa shape index (κ3) is 0.962. The van der Waals surface area contributed by atoms with Gasteiger partial charge in [0.25, 0.3) is 0 Å². The molecule has 0 aromatic rings. The molecule has 1 rings (SSSR count). The van der Waals surface area contributed by atoms with Crippen LogP contribution in [0.4, 0.5) is 0 Å². The summed E-state index contributed by atoms with van der Waals surface area (Å²) in [4.78, 5) is 0. The molecule has 1 heteroatoms. The van der Waals surface area contributed by atoms with Gasteiger partial charge in [0.15, 0.2) is 0 Å². The summed E-state index contributed by atoms with van der Waals surface area (Å²) in [5, 5.41) is 0. The fraction of sp³-hybridized carbons (Fsp3) is 0.800. The Morgan fingerprint density at radius 3 is 2.50 bits per heavy atom. The fourth-order valence-corrected chi connectivity index (χ4v) is 0.760. The number of rotatable bonds is 0. The first-order valence-electron chi connectivity index (χ1n) is 2.65. The minimum atomic E-state index is 1.32. The third-order valence-corrected chi connectivity index (χ3v) is 1.16. The fourth-order valence-electron chi connectivity index (χ4n) is 0.760. The topological polar surface area (TPSA) is 0 Å². The van der Waals surface area contributed by atoms with Gasteiger partial charge in [-0.1, -0.05) is 0 Å². The Balaban J connectivity index is 2.26. The average molecular weight is 79.9 g/mol. The normalized spacial score (nSPS) is 20.0. The number of hydrogen-bond donors (Lipinski definition) is 0. The molecule has 0 N–H and O–H groups in total. The van der Waals surface area contributed by atoms with Crippen molar-refractivity contribution in [1.29, 1.82) is 0 Å². The summed E-state index contributed by atoms with van der Waals surface area (Å²) in [6, 6.07) is 0. The second-order valence-electron chi connectivity index (χ2n) is 1.76. The van der Waals surface area contributed by atoms with Crippen molar-refractivity contribution in [1.82, 2.24) is 0 Å². The van der Waals surface area contributed by atoms with Crippen LogP contribution in [0, 0.1) is 0 Å². The molecule has 0 atom stereocenters. The van der Waals surface area contributed by atoms with E-state index in [1.54, 1.807) is 0 Å². The average Bonchev–Trinajstić information content (AvgIpc) is 1.72. The molecule has 0 nitrogen and oxygen atoms in total. The van der Waals surface area contributed by atoms with Crippen LogP contribution in [0.5, 0.6) is 0 Å². The van der Waals surface area contributed by atoms with Crippen LogP contribution < -0.4 is 0 Å². The van der Waals surface area contributed by atoms with Crippen LogP contribution in [0.1, 0.15) is 19.3 Å². The summed E-state index contributed by atoms with van der Waals surface area (Å²) in [5.41, 5.74) is 0. The molecule has 0 saturated heterocycles. The molecule has 1 aliphatic rings. The van der Waals surface area contributed by atoms with Crippen molar-refractivity contribution >= 4 is 12.9 Å². The molecule has 32 valence electrons. The van der Waals surface area contributed by atoms with Crippen LogP contribution >= 0.6 is 0 Å².